The maximum atomic E-state index is 5.75. The van der Waals surface area contributed by atoms with Gasteiger partial charge in [0.05, 0.1) is 0 Å². The molecule has 1 heterocycles. The molecule has 0 amide bonds. The summed E-state index contributed by atoms with van der Waals surface area (Å²) in [7, 11) is 0. The van der Waals surface area contributed by atoms with Gasteiger partial charge in [-0.15, -0.1) is 0 Å². The fourth-order valence-electron chi connectivity index (χ4n) is 0.836. The van der Waals surface area contributed by atoms with E-state index < -0.39 is 0 Å². The lowest BCUT2D eigenvalue weighted by Gasteiger charge is -2.07. The molecule has 0 fully saturated rings. The number of hydrogen-bond acceptors (Lipinski definition) is 3. The van der Waals surface area contributed by atoms with Gasteiger partial charge in [0, 0.05) is 16.8 Å². The zero-order chi connectivity index (χ0) is 7.68. The van der Waals surface area contributed by atoms with E-state index in [4.69, 9.17) is 15.8 Å². The first kappa shape index (κ1) is 7.00. The standard InChI is InChI=1S/C7H4ClNOS/c8-6-1-2-7-5(3-6)4-9-11-10-7/h1-4H. The largest absolute Gasteiger partial charge is 0.403 e. The third-order valence-corrected chi connectivity index (χ3v) is 2.01. The smallest absolute Gasteiger partial charge is 0.201 e. The Kier molecular flexibility index (Phi) is 1.75. The average Bonchev–Trinajstić information content (AvgIpc) is 2.04. The average molecular weight is 186 g/mol. The first-order valence-corrected chi connectivity index (χ1v) is 4.10. The van der Waals surface area contributed by atoms with Crippen LogP contribution in [0.4, 0.5) is 0 Å². The van der Waals surface area contributed by atoms with Crippen LogP contribution in [0.5, 0.6) is 5.75 Å². The molecular weight excluding hydrogens is 182 g/mol. The molecule has 0 bridgehead atoms. The second-order valence-electron chi connectivity index (χ2n) is 2.07. The zero-order valence-corrected chi connectivity index (χ0v) is 7.02. The van der Waals surface area contributed by atoms with Crippen molar-refractivity contribution in [3.63, 3.8) is 0 Å². The molecule has 11 heavy (non-hydrogen) atoms. The molecule has 0 radical (unpaired) electrons. The molecule has 0 N–H and O–H groups in total. The lowest BCUT2D eigenvalue weighted by atomic mass is 10.2. The first-order chi connectivity index (χ1) is 5.36. The molecule has 4 heteroatoms. The van der Waals surface area contributed by atoms with E-state index in [9.17, 15) is 0 Å². The van der Waals surface area contributed by atoms with E-state index in [0.717, 1.165) is 23.5 Å². The minimum atomic E-state index is 0.700. The minimum absolute atomic E-state index is 0.700. The van der Waals surface area contributed by atoms with Gasteiger partial charge in [0.25, 0.3) is 0 Å². The Balaban J connectivity index is 2.54. The molecule has 0 aromatic heterocycles. The van der Waals surface area contributed by atoms with Gasteiger partial charge >= 0.3 is 0 Å². The van der Waals surface area contributed by atoms with E-state index in [0.29, 0.717) is 5.02 Å². The Hall–Kier alpha value is -0.670. The molecule has 0 aliphatic carbocycles. The van der Waals surface area contributed by atoms with Crippen molar-refractivity contribution in [2.75, 3.05) is 0 Å². The van der Waals surface area contributed by atoms with Gasteiger partial charge in [-0.2, -0.15) is 4.40 Å². The van der Waals surface area contributed by atoms with E-state index in [2.05, 4.69) is 4.40 Å². The molecule has 1 aromatic carbocycles. The predicted octanol–water partition coefficient (Wildman–Crippen LogP) is 2.71. The van der Waals surface area contributed by atoms with Gasteiger partial charge in [-0.3, -0.25) is 0 Å². The molecule has 0 saturated heterocycles. The van der Waals surface area contributed by atoms with Crippen LogP contribution in [0, 0.1) is 0 Å². The number of benzene rings is 1. The van der Waals surface area contributed by atoms with E-state index in [-0.39, 0.29) is 0 Å². The van der Waals surface area contributed by atoms with E-state index in [1.807, 2.05) is 12.1 Å². The van der Waals surface area contributed by atoms with Crippen molar-refractivity contribution in [2.45, 2.75) is 0 Å². The van der Waals surface area contributed by atoms with Crippen LogP contribution < -0.4 is 4.18 Å². The van der Waals surface area contributed by atoms with Crippen molar-refractivity contribution in [1.29, 1.82) is 0 Å². The lowest BCUT2D eigenvalue weighted by Crippen LogP contribution is -1.92. The van der Waals surface area contributed by atoms with Gasteiger partial charge in [0.15, 0.2) is 0 Å². The summed E-state index contributed by atoms with van der Waals surface area (Å²) in [5.74, 6) is 0.814. The van der Waals surface area contributed by atoms with Crippen LogP contribution in [0.15, 0.2) is 22.6 Å². The van der Waals surface area contributed by atoms with Gasteiger partial charge in [0.1, 0.15) is 5.75 Å². The van der Waals surface area contributed by atoms with Crippen LogP contribution in [0.2, 0.25) is 5.02 Å². The fraction of sp³-hybridized carbons (Fsp3) is 0. The summed E-state index contributed by atoms with van der Waals surface area (Å²) in [5, 5.41) is 0.700. The number of rotatable bonds is 0. The van der Waals surface area contributed by atoms with Crippen LogP contribution in [-0.4, -0.2) is 6.21 Å². The highest BCUT2D eigenvalue weighted by Gasteiger charge is 2.06. The zero-order valence-electron chi connectivity index (χ0n) is 5.45. The van der Waals surface area contributed by atoms with Gasteiger partial charge in [-0.1, -0.05) is 11.6 Å². The van der Waals surface area contributed by atoms with Crippen molar-refractivity contribution >= 4 is 30.0 Å². The monoisotopic (exact) mass is 185 g/mol. The SMILES string of the molecule is Clc1ccc2c(c1)C=NSO2. The molecule has 0 atom stereocenters. The van der Waals surface area contributed by atoms with E-state index in [1.165, 1.54) is 0 Å². The van der Waals surface area contributed by atoms with Crippen LogP contribution in [0.3, 0.4) is 0 Å². The summed E-state index contributed by atoms with van der Waals surface area (Å²) in [6.07, 6.45) is 1.73. The van der Waals surface area contributed by atoms with Gasteiger partial charge in [-0.05, 0) is 18.2 Å². The Morgan fingerprint density at radius 2 is 2.36 bits per heavy atom. The number of hydrogen-bond donors (Lipinski definition) is 0. The van der Waals surface area contributed by atoms with E-state index >= 15 is 0 Å². The topological polar surface area (TPSA) is 21.6 Å². The highest BCUT2D eigenvalue weighted by molar-refractivity contribution is 7.93. The van der Waals surface area contributed by atoms with Crippen LogP contribution in [0.1, 0.15) is 5.56 Å². The molecule has 2 rings (SSSR count). The molecule has 1 aliphatic heterocycles. The molecule has 2 nitrogen and oxygen atoms in total. The van der Waals surface area contributed by atoms with Crippen molar-refractivity contribution in [3.8, 4) is 5.75 Å². The Bertz CT molecular complexity index is 313. The number of fused-ring (bicyclic) bond motifs is 1. The summed E-state index contributed by atoms with van der Waals surface area (Å²) < 4.78 is 9.01. The number of halogens is 1. The highest BCUT2D eigenvalue weighted by Crippen LogP contribution is 2.27. The summed E-state index contributed by atoms with van der Waals surface area (Å²) in [6, 6.07) is 5.44. The second kappa shape index (κ2) is 2.75. The molecule has 56 valence electrons. The highest BCUT2D eigenvalue weighted by atomic mass is 35.5. The van der Waals surface area contributed by atoms with Crippen molar-refractivity contribution < 1.29 is 4.18 Å². The van der Waals surface area contributed by atoms with Gasteiger partial charge < -0.3 is 4.18 Å². The molecule has 0 unspecified atom stereocenters. The number of nitrogens with zero attached hydrogens (tertiary/aromatic N) is 1. The Morgan fingerprint density at radius 3 is 3.27 bits per heavy atom. The summed E-state index contributed by atoms with van der Waals surface area (Å²) in [6.45, 7) is 0. The van der Waals surface area contributed by atoms with Gasteiger partial charge in [-0.25, -0.2) is 0 Å². The maximum absolute atomic E-state index is 5.75. The maximum Gasteiger partial charge on any atom is 0.201 e. The third kappa shape index (κ3) is 1.34. The Morgan fingerprint density at radius 1 is 1.45 bits per heavy atom. The van der Waals surface area contributed by atoms with Crippen molar-refractivity contribution in [1.82, 2.24) is 0 Å². The molecule has 1 aliphatic rings. The quantitative estimate of drug-likeness (QED) is 0.458. The predicted molar refractivity (Wildman–Crippen MR) is 47.3 cm³/mol. The minimum Gasteiger partial charge on any atom is -0.403 e. The lowest BCUT2D eigenvalue weighted by molar-refractivity contribution is 0.643. The summed E-state index contributed by atoms with van der Waals surface area (Å²) in [5.41, 5.74) is 0.927. The molecule has 0 spiro atoms. The summed E-state index contributed by atoms with van der Waals surface area (Å²) >= 11 is 6.82. The molecule has 1 aromatic rings. The second-order valence-corrected chi connectivity index (χ2v) is 3.04. The van der Waals surface area contributed by atoms with Crippen molar-refractivity contribution in [2.24, 2.45) is 4.40 Å². The van der Waals surface area contributed by atoms with Crippen LogP contribution >= 0.6 is 23.8 Å². The fourth-order valence-corrected chi connectivity index (χ4v) is 1.45. The van der Waals surface area contributed by atoms with Gasteiger partial charge in [0.2, 0.25) is 12.2 Å². The normalized spacial score (nSPS) is 13.9. The molecular formula is C7H4ClNOS. The first-order valence-electron chi connectivity index (χ1n) is 3.03. The van der Waals surface area contributed by atoms with Crippen LogP contribution in [0.25, 0.3) is 0 Å². The third-order valence-electron chi connectivity index (χ3n) is 1.33. The van der Waals surface area contributed by atoms with Crippen molar-refractivity contribution in [3.05, 3.63) is 28.8 Å². The van der Waals surface area contributed by atoms with Crippen LogP contribution in [-0.2, 0) is 0 Å². The summed E-state index contributed by atoms with van der Waals surface area (Å²) in [4.78, 5) is 0. The van der Waals surface area contributed by atoms with E-state index in [1.54, 1.807) is 12.3 Å². The Labute approximate surface area is 73.6 Å². The molecule has 0 saturated carbocycles.